The van der Waals surface area contributed by atoms with Gasteiger partial charge in [-0.3, -0.25) is 14.7 Å². The van der Waals surface area contributed by atoms with Crippen molar-refractivity contribution >= 4 is 23.1 Å². The summed E-state index contributed by atoms with van der Waals surface area (Å²) >= 11 is 1.24. The third kappa shape index (κ3) is 2.77. The van der Waals surface area contributed by atoms with Crippen molar-refractivity contribution in [3.05, 3.63) is 38.8 Å². The van der Waals surface area contributed by atoms with E-state index in [0.717, 1.165) is 12.8 Å². The fraction of sp³-hybridized carbons (Fsp3) is 0.333. The van der Waals surface area contributed by atoms with E-state index in [1.54, 1.807) is 17.7 Å². The predicted molar refractivity (Wildman–Crippen MR) is 77.9 cm³/mol. The third-order valence-electron chi connectivity index (χ3n) is 3.18. The minimum Gasteiger partial charge on any atom is -0.388 e. The van der Waals surface area contributed by atoms with E-state index < -0.39 is 4.92 Å². The molecule has 9 heteroatoms. The zero-order valence-electron chi connectivity index (χ0n) is 11.2. The lowest BCUT2D eigenvalue weighted by Gasteiger charge is -2.06. The summed E-state index contributed by atoms with van der Waals surface area (Å²) in [5.74, 6) is 0. The molecule has 110 valence electrons. The number of H-pyrrole nitrogens is 1. The fourth-order valence-corrected chi connectivity index (χ4v) is 3.01. The molecular formula is C12H13N5O3S. The summed E-state index contributed by atoms with van der Waals surface area (Å²) in [5.41, 5.74) is 0.405. The maximum Gasteiger partial charge on any atom is 0.344 e. The Balaban J connectivity index is 1.96. The largest absolute Gasteiger partial charge is 0.388 e. The van der Waals surface area contributed by atoms with Gasteiger partial charge in [0.2, 0.25) is 0 Å². The summed E-state index contributed by atoms with van der Waals surface area (Å²) < 4.78 is 1.61. The van der Waals surface area contributed by atoms with Gasteiger partial charge in [-0.25, -0.2) is 9.89 Å². The smallest absolute Gasteiger partial charge is 0.344 e. The lowest BCUT2D eigenvalue weighted by molar-refractivity contribution is -0.385. The van der Waals surface area contributed by atoms with Gasteiger partial charge in [0.25, 0.3) is 5.69 Å². The standard InChI is InChI=1S/C12H13N5O3S/c1-13-7-4-9(17(19)20)6-10(5-7)21-12-15-14-11(18)16(12)8-2-3-8/h4-6,8,13H,2-3H2,1H3,(H,14,18). The first kappa shape index (κ1) is 13.7. The van der Waals surface area contributed by atoms with E-state index in [0.29, 0.717) is 15.7 Å². The summed E-state index contributed by atoms with van der Waals surface area (Å²) in [6.07, 6.45) is 1.92. The van der Waals surface area contributed by atoms with Crippen molar-refractivity contribution in [3.63, 3.8) is 0 Å². The Morgan fingerprint density at radius 3 is 2.86 bits per heavy atom. The van der Waals surface area contributed by atoms with Crippen LogP contribution in [0.1, 0.15) is 18.9 Å². The van der Waals surface area contributed by atoms with Gasteiger partial charge in [0.05, 0.1) is 4.92 Å². The summed E-state index contributed by atoms with van der Waals surface area (Å²) in [5, 5.41) is 20.8. The molecule has 2 aromatic rings. The number of hydrogen-bond donors (Lipinski definition) is 2. The minimum absolute atomic E-state index is 0.000189. The van der Waals surface area contributed by atoms with E-state index in [9.17, 15) is 14.9 Å². The molecule has 2 N–H and O–H groups in total. The van der Waals surface area contributed by atoms with Crippen LogP contribution in [0, 0.1) is 10.1 Å². The van der Waals surface area contributed by atoms with Crippen LogP contribution < -0.4 is 11.0 Å². The zero-order valence-corrected chi connectivity index (χ0v) is 12.0. The van der Waals surface area contributed by atoms with Crippen molar-refractivity contribution in [2.24, 2.45) is 0 Å². The van der Waals surface area contributed by atoms with E-state index in [-0.39, 0.29) is 17.4 Å². The molecule has 8 nitrogen and oxygen atoms in total. The Bertz CT molecular complexity index is 750. The molecule has 1 heterocycles. The maximum absolute atomic E-state index is 11.7. The molecular weight excluding hydrogens is 294 g/mol. The topological polar surface area (TPSA) is 106 Å². The van der Waals surface area contributed by atoms with E-state index in [1.807, 2.05) is 0 Å². The Labute approximate surface area is 123 Å². The monoisotopic (exact) mass is 307 g/mol. The molecule has 1 aromatic carbocycles. The number of rotatable bonds is 5. The van der Waals surface area contributed by atoms with Crippen LogP contribution in [-0.2, 0) is 0 Å². The van der Waals surface area contributed by atoms with Crippen molar-refractivity contribution in [3.8, 4) is 0 Å². The second-order valence-corrected chi connectivity index (χ2v) is 5.78. The van der Waals surface area contributed by atoms with Gasteiger partial charge in [0.1, 0.15) is 0 Å². The number of anilines is 1. The molecule has 0 radical (unpaired) electrons. The van der Waals surface area contributed by atoms with Gasteiger partial charge in [0, 0.05) is 35.8 Å². The van der Waals surface area contributed by atoms with Crippen molar-refractivity contribution in [2.45, 2.75) is 28.9 Å². The highest BCUT2D eigenvalue weighted by Gasteiger charge is 2.29. The molecule has 0 bridgehead atoms. The quantitative estimate of drug-likeness (QED) is 0.646. The van der Waals surface area contributed by atoms with Crippen molar-refractivity contribution in [2.75, 3.05) is 12.4 Å². The summed E-state index contributed by atoms with van der Waals surface area (Å²) in [6.45, 7) is 0. The van der Waals surface area contributed by atoms with Crippen LogP contribution in [0.2, 0.25) is 0 Å². The number of benzene rings is 1. The van der Waals surface area contributed by atoms with Crippen LogP contribution in [-0.4, -0.2) is 26.7 Å². The van der Waals surface area contributed by atoms with Crippen molar-refractivity contribution in [1.82, 2.24) is 14.8 Å². The average Bonchev–Trinajstić information content (AvgIpc) is 3.23. The molecule has 3 rings (SSSR count). The maximum atomic E-state index is 11.7. The number of nitro groups is 1. The molecule has 1 aromatic heterocycles. The Morgan fingerprint density at radius 2 is 2.24 bits per heavy atom. The summed E-state index contributed by atoms with van der Waals surface area (Å²) in [4.78, 5) is 22.9. The third-order valence-corrected chi connectivity index (χ3v) is 4.13. The van der Waals surface area contributed by atoms with Gasteiger partial charge in [-0.2, -0.15) is 0 Å². The first-order valence-corrected chi connectivity index (χ1v) is 7.22. The molecule has 1 aliphatic carbocycles. The number of nitrogens with zero attached hydrogens (tertiary/aromatic N) is 3. The molecule has 0 atom stereocenters. The molecule has 1 aliphatic rings. The van der Waals surface area contributed by atoms with Gasteiger partial charge >= 0.3 is 5.69 Å². The van der Waals surface area contributed by atoms with Gasteiger partial charge in [-0.15, -0.1) is 5.10 Å². The van der Waals surface area contributed by atoms with Crippen LogP contribution in [0.15, 0.2) is 33.0 Å². The summed E-state index contributed by atoms with van der Waals surface area (Å²) in [6, 6.07) is 4.92. The fourth-order valence-electron chi connectivity index (χ4n) is 2.01. The molecule has 21 heavy (non-hydrogen) atoms. The van der Waals surface area contributed by atoms with Crippen LogP contribution >= 0.6 is 11.8 Å². The van der Waals surface area contributed by atoms with E-state index in [2.05, 4.69) is 15.5 Å². The van der Waals surface area contributed by atoms with Crippen LogP contribution in [0.25, 0.3) is 0 Å². The number of aromatic nitrogens is 3. The lowest BCUT2D eigenvalue weighted by Crippen LogP contribution is -2.15. The number of nitrogens with one attached hydrogen (secondary N) is 2. The number of hydrogen-bond acceptors (Lipinski definition) is 6. The first-order valence-electron chi connectivity index (χ1n) is 6.40. The van der Waals surface area contributed by atoms with Gasteiger partial charge in [-0.05, 0) is 30.7 Å². The van der Waals surface area contributed by atoms with E-state index in [1.165, 1.54) is 23.9 Å². The molecule has 0 saturated heterocycles. The second-order valence-electron chi connectivity index (χ2n) is 4.74. The van der Waals surface area contributed by atoms with E-state index in [4.69, 9.17) is 0 Å². The zero-order chi connectivity index (χ0) is 15.0. The van der Waals surface area contributed by atoms with Crippen molar-refractivity contribution in [1.29, 1.82) is 0 Å². The highest BCUT2D eigenvalue weighted by Crippen LogP contribution is 2.38. The summed E-state index contributed by atoms with van der Waals surface area (Å²) in [7, 11) is 1.70. The number of non-ortho nitro benzene ring substituents is 1. The Morgan fingerprint density at radius 1 is 1.48 bits per heavy atom. The van der Waals surface area contributed by atoms with Crippen LogP contribution in [0.4, 0.5) is 11.4 Å². The lowest BCUT2D eigenvalue weighted by atomic mass is 10.3. The number of aromatic amines is 1. The predicted octanol–water partition coefficient (Wildman–Crippen LogP) is 2.01. The molecule has 0 unspecified atom stereocenters. The Kier molecular flexibility index (Phi) is 3.42. The molecule has 1 saturated carbocycles. The van der Waals surface area contributed by atoms with Crippen LogP contribution in [0.5, 0.6) is 0 Å². The second kappa shape index (κ2) is 5.24. The first-order chi connectivity index (χ1) is 10.1. The van der Waals surface area contributed by atoms with Gasteiger partial charge in [0.15, 0.2) is 5.16 Å². The minimum atomic E-state index is -0.441. The highest BCUT2D eigenvalue weighted by molar-refractivity contribution is 7.99. The van der Waals surface area contributed by atoms with Crippen LogP contribution in [0.3, 0.4) is 0 Å². The van der Waals surface area contributed by atoms with E-state index >= 15 is 0 Å². The van der Waals surface area contributed by atoms with Gasteiger partial charge < -0.3 is 5.32 Å². The SMILES string of the molecule is CNc1cc(Sc2n[nH]c(=O)n2C2CC2)cc([N+](=O)[O-])c1. The average molecular weight is 307 g/mol. The highest BCUT2D eigenvalue weighted by atomic mass is 32.2. The normalized spacial score (nSPS) is 14.1. The molecule has 0 aliphatic heterocycles. The molecule has 1 fully saturated rings. The number of nitro benzene ring substituents is 1. The molecule has 0 amide bonds. The molecule has 0 spiro atoms. The van der Waals surface area contributed by atoms with Crippen molar-refractivity contribution < 1.29 is 4.92 Å². The van der Waals surface area contributed by atoms with Gasteiger partial charge in [-0.1, -0.05) is 0 Å². The Hall–Kier alpha value is -2.29.